The average Bonchev–Trinajstić information content (AvgIpc) is 2.44. The Bertz CT molecular complexity index is 545. The minimum absolute atomic E-state index is 0.410. The molecule has 0 fully saturated rings. The van der Waals surface area contributed by atoms with Crippen molar-refractivity contribution in [3.8, 4) is 5.75 Å². The summed E-state index contributed by atoms with van der Waals surface area (Å²) in [5.41, 5.74) is 1.02. The molecule has 0 radical (unpaired) electrons. The molecule has 1 atom stereocenters. The predicted molar refractivity (Wildman–Crippen MR) is 70.5 cm³/mol. The summed E-state index contributed by atoms with van der Waals surface area (Å²) in [6.07, 6.45) is 2.49. The molecule has 100 valence electrons. The number of para-hydroxylation sites is 1. The number of aliphatic hydroxyl groups is 1. The molecule has 19 heavy (non-hydrogen) atoms. The summed E-state index contributed by atoms with van der Waals surface area (Å²) in [6.45, 7) is 2.58. The molecule has 2 rings (SSSR count). The van der Waals surface area contributed by atoms with Crippen molar-refractivity contribution < 1.29 is 14.2 Å². The van der Waals surface area contributed by atoms with Crippen molar-refractivity contribution in [1.82, 2.24) is 4.98 Å². The highest BCUT2D eigenvalue weighted by atomic mass is 19.1. The molecule has 1 aromatic carbocycles. The predicted octanol–water partition coefficient (Wildman–Crippen LogP) is 3.09. The van der Waals surface area contributed by atoms with E-state index >= 15 is 0 Å². The molecule has 1 N–H and O–H groups in total. The van der Waals surface area contributed by atoms with E-state index in [-0.39, 0.29) is 0 Å². The van der Waals surface area contributed by atoms with Crippen LogP contribution in [0.4, 0.5) is 4.39 Å². The van der Waals surface area contributed by atoms with Crippen molar-refractivity contribution in [2.24, 2.45) is 0 Å². The van der Waals surface area contributed by atoms with Crippen molar-refractivity contribution in [2.75, 3.05) is 6.61 Å². The minimum atomic E-state index is -0.948. The molecule has 0 spiro atoms. The van der Waals surface area contributed by atoms with Gasteiger partial charge in [-0.1, -0.05) is 25.1 Å². The maximum absolute atomic E-state index is 13.1. The van der Waals surface area contributed by atoms with Gasteiger partial charge < -0.3 is 9.84 Å². The number of ether oxygens (including phenoxy) is 1. The zero-order valence-electron chi connectivity index (χ0n) is 10.7. The minimum Gasteiger partial charge on any atom is -0.493 e. The second kappa shape index (κ2) is 6.29. The Morgan fingerprint density at radius 1 is 1.32 bits per heavy atom. The second-order valence-corrected chi connectivity index (χ2v) is 4.23. The first-order chi connectivity index (χ1) is 9.22. The Hall–Kier alpha value is -1.94. The van der Waals surface area contributed by atoms with Crippen LogP contribution < -0.4 is 4.74 Å². The fourth-order valence-corrected chi connectivity index (χ4v) is 1.81. The normalized spacial score (nSPS) is 12.2. The third-order valence-corrected chi connectivity index (χ3v) is 2.72. The van der Waals surface area contributed by atoms with Crippen molar-refractivity contribution in [2.45, 2.75) is 19.4 Å². The average molecular weight is 261 g/mol. The maximum Gasteiger partial charge on any atom is 0.141 e. The summed E-state index contributed by atoms with van der Waals surface area (Å²) in [4.78, 5) is 3.75. The van der Waals surface area contributed by atoms with Crippen LogP contribution in [0.5, 0.6) is 5.75 Å². The lowest BCUT2D eigenvalue weighted by molar-refractivity contribution is 0.209. The van der Waals surface area contributed by atoms with E-state index in [2.05, 4.69) is 4.98 Å². The monoisotopic (exact) mass is 261 g/mol. The third-order valence-electron chi connectivity index (χ3n) is 2.72. The van der Waals surface area contributed by atoms with Crippen molar-refractivity contribution in [3.63, 3.8) is 0 Å². The molecule has 1 heterocycles. The highest BCUT2D eigenvalue weighted by molar-refractivity contribution is 5.39. The molecule has 0 amide bonds. The number of benzene rings is 1. The first kappa shape index (κ1) is 13.5. The van der Waals surface area contributed by atoms with Gasteiger partial charge in [-0.05, 0) is 18.6 Å². The zero-order valence-corrected chi connectivity index (χ0v) is 10.7. The van der Waals surface area contributed by atoms with E-state index < -0.39 is 11.9 Å². The van der Waals surface area contributed by atoms with Gasteiger partial charge in [-0.3, -0.25) is 4.98 Å². The smallest absolute Gasteiger partial charge is 0.141 e. The molecule has 0 aliphatic rings. The number of hydrogen-bond acceptors (Lipinski definition) is 3. The fraction of sp³-hybridized carbons (Fsp3) is 0.267. The molecule has 0 bridgehead atoms. The van der Waals surface area contributed by atoms with Crippen molar-refractivity contribution in [3.05, 3.63) is 59.7 Å². The van der Waals surface area contributed by atoms with Crippen LogP contribution in [0.25, 0.3) is 0 Å². The lowest BCUT2D eigenvalue weighted by Gasteiger charge is -2.16. The summed E-state index contributed by atoms with van der Waals surface area (Å²) in [6, 6.07) is 8.48. The Labute approximate surface area is 111 Å². The second-order valence-electron chi connectivity index (χ2n) is 4.23. The van der Waals surface area contributed by atoms with E-state index in [9.17, 15) is 9.50 Å². The van der Waals surface area contributed by atoms with Crippen LogP contribution in [0.3, 0.4) is 0 Å². The lowest BCUT2D eigenvalue weighted by atomic mass is 10.0. The summed E-state index contributed by atoms with van der Waals surface area (Å²) in [5, 5.41) is 10.3. The van der Waals surface area contributed by atoms with E-state index in [1.807, 2.05) is 19.1 Å². The number of halogens is 1. The van der Waals surface area contributed by atoms with E-state index in [0.29, 0.717) is 23.5 Å². The topological polar surface area (TPSA) is 42.4 Å². The maximum atomic E-state index is 13.1. The van der Waals surface area contributed by atoms with Crippen LogP contribution >= 0.6 is 0 Å². The number of hydrogen-bond donors (Lipinski definition) is 1. The molecule has 0 saturated carbocycles. The summed E-state index contributed by atoms with van der Waals surface area (Å²) < 4.78 is 18.7. The highest BCUT2D eigenvalue weighted by Crippen LogP contribution is 2.29. The van der Waals surface area contributed by atoms with E-state index in [0.717, 1.165) is 12.6 Å². The van der Waals surface area contributed by atoms with E-state index in [1.54, 1.807) is 12.1 Å². The summed E-state index contributed by atoms with van der Waals surface area (Å²) in [5.74, 6) is 0.143. The summed E-state index contributed by atoms with van der Waals surface area (Å²) in [7, 11) is 0. The fourth-order valence-electron chi connectivity index (χ4n) is 1.81. The van der Waals surface area contributed by atoms with Gasteiger partial charge in [0, 0.05) is 17.3 Å². The van der Waals surface area contributed by atoms with Gasteiger partial charge in [0.2, 0.25) is 0 Å². The first-order valence-electron chi connectivity index (χ1n) is 6.22. The van der Waals surface area contributed by atoms with Crippen LogP contribution in [0.15, 0.2) is 42.7 Å². The zero-order chi connectivity index (χ0) is 13.7. The van der Waals surface area contributed by atoms with Crippen LogP contribution in [-0.2, 0) is 0 Å². The first-order valence-corrected chi connectivity index (χ1v) is 6.22. The molecule has 1 unspecified atom stereocenters. The van der Waals surface area contributed by atoms with Crippen LogP contribution in [0.1, 0.15) is 30.6 Å². The Morgan fingerprint density at radius 3 is 2.84 bits per heavy atom. The Balaban J connectivity index is 2.30. The van der Waals surface area contributed by atoms with Gasteiger partial charge in [0.1, 0.15) is 17.7 Å². The largest absolute Gasteiger partial charge is 0.493 e. The number of aliphatic hydroxyl groups excluding tert-OH is 1. The molecular formula is C15H16FNO2. The van der Waals surface area contributed by atoms with Crippen molar-refractivity contribution in [1.29, 1.82) is 0 Å². The van der Waals surface area contributed by atoms with Gasteiger partial charge in [-0.2, -0.15) is 0 Å². The standard InChI is InChI=1S/C15H16FNO2/c1-2-7-19-14-6-4-3-5-13(14)15(18)11-8-12(16)10-17-9-11/h3-6,8-10,15,18H,2,7H2,1H3. The molecule has 4 heteroatoms. The van der Waals surface area contributed by atoms with Crippen molar-refractivity contribution >= 4 is 0 Å². The van der Waals surface area contributed by atoms with Gasteiger partial charge >= 0.3 is 0 Å². The Kier molecular flexibility index (Phi) is 4.47. The van der Waals surface area contributed by atoms with Crippen LogP contribution in [0, 0.1) is 5.82 Å². The SMILES string of the molecule is CCCOc1ccccc1C(O)c1cncc(F)c1. The van der Waals surface area contributed by atoms with Crippen LogP contribution in [-0.4, -0.2) is 16.7 Å². The molecule has 0 aliphatic heterocycles. The number of rotatable bonds is 5. The summed E-state index contributed by atoms with van der Waals surface area (Å²) >= 11 is 0. The number of pyridine rings is 1. The number of aromatic nitrogens is 1. The van der Waals surface area contributed by atoms with Gasteiger partial charge in [-0.15, -0.1) is 0 Å². The molecule has 0 aliphatic carbocycles. The highest BCUT2D eigenvalue weighted by Gasteiger charge is 2.16. The van der Waals surface area contributed by atoms with Gasteiger partial charge in [0.05, 0.1) is 12.8 Å². The van der Waals surface area contributed by atoms with E-state index in [4.69, 9.17) is 4.74 Å². The van der Waals surface area contributed by atoms with E-state index in [1.165, 1.54) is 12.3 Å². The quantitative estimate of drug-likeness (QED) is 0.899. The van der Waals surface area contributed by atoms with Crippen LogP contribution in [0.2, 0.25) is 0 Å². The molecule has 1 aromatic heterocycles. The van der Waals surface area contributed by atoms with Gasteiger partial charge in [0.15, 0.2) is 0 Å². The molecular weight excluding hydrogens is 245 g/mol. The lowest BCUT2D eigenvalue weighted by Crippen LogP contribution is -2.05. The Morgan fingerprint density at radius 2 is 2.11 bits per heavy atom. The molecule has 2 aromatic rings. The number of nitrogens with zero attached hydrogens (tertiary/aromatic N) is 1. The molecule has 0 saturated heterocycles. The third kappa shape index (κ3) is 3.29. The molecule has 3 nitrogen and oxygen atoms in total. The van der Waals surface area contributed by atoms with Gasteiger partial charge in [0.25, 0.3) is 0 Å². The van der Waals surface area contributed by atoms with Gasteiger partial charge in [-0.25, -0.2) is 4.39 Å².